The minimum atomic E-state index is -3.69. The highest BCUT2D eigenvalue weighted by Crippen LogP contribution is 2.32. The topological polar surface area (TPSA) is 173 Å². The number of pyridine rings is 3. The number of carbonyl (C=O) groups is 2. The molecular weight excluding hydrogens is 516 g/mol. The molecule has 0 atom stereocenters. The summed E-state index contributed by atoms with van der Waals surface area (Å²) in [4.78, 5) is 38.3. The number of aliphatic hydroxyl groups excluding tert-OH is 1. The second-order valence-corrected chi connectivity index (χ2v) is 10.3. The zero-order chi connectivity index (χ0) is 27.3. The summed E-state index contributed by atoms with van der Waals surface area (Å²) in [7, 11) is -3.69. The van der Waals surface area contributed by atoms with Gasteiger partial charge in [0.2, 0.25) is 5.91 Å². The first-order valence-corrected chi connectivity index (χ1v) is 13.4. The highest BCUT2D eigenvalue weighted by atomic mass is 32.2. The van der Waals surface area contributed by atoms with E-state index in [2.05, 4.69) is 25.6 Å². The highest BCUT2D eigenvalue weighted by molar-refractivity contribution is 7.90. The average Bonchev–Trinajstić information content (AvgIpc) is 2.87. The lowest BCUT2D eigenvalue weighted by molar-refractivity contribution is -0.125. The molecule has 4 rings (SSSR count). The summed E-state index contributed by atoms with van der Waals surface area (Å²) in [5, 5.41) is 14.5. The molecule has 200 valence electrons. The number of hydrogen-bond acceptors (Lipinski definition) is 11. The molecule has 14 heteroatoms. The van der Waals surface area contributed by atoms with Gasteiger partial charge in [-0.1, -0.05) is 0 Å². The van der Waals surface area contributed by atoms with Gasteiger partial charge in [-0.3, -0.25) is 14.6 Å². The van der Waals surface area contributed by atoms with Crippen LogP contribution in [-0.2, 0) is 24.2 Å². The number of anilines is 4. The van der Waals surface area contributed by atoms with Gasteiger partial charge in [-0.2, -0.15) is 0 Å². The third kappa shape index (κ3) is 6.59. The van der Waals surface area contributed by atoms with Crippen LogP contribution in [0.15, 0.2) is 47.8 Å². The molecule has 3 N–H and O–H groups in total. The normalized spacial score (nSPS) is 13.8. The van der Waals surface area contributed by atoms with Gasteiger partial charge in [0.25, 0.3) is 5.91 Å². The van der Waals surface area contributed by atoms with E-state index < -0.39 is 9.84 Å². The molecule has 0 unspecified atom stereocenters. The van der Waals surface area contributed by atoms with E-state index in [0.29, 0.717) is 35.8 Å². The van der Waals surface area contributed by atoms with Crippen molar-refractivity contribution in [3.8, 4) is 17.0 Å². The summed E-state index contributed by atoms with van der Waals surface area (Å²) in [5.41, 5.74) is 2.04. The molecule has 1 fully saturated rings. The molecule has 1 aliphatic heterocycles. The number of nitrogens with one attached hydrogen (secondary N) is 2. The van der Waals surface area contributed by atoms with Crippen molar-refractivity contribution in [1.82, 2.24) is 15.0 Å². The summed E-state index contributed by atoms with van der Waals surface area (Å²) in [6.07, 6.45) is 4.08. The van der Waals surface area contributed by atoms with E-state index in [1.54, 1.807) is 29.3 Å². The number of nitrogens with zero attached hydrogens (tertiary/aromatic N) is 4. The number of carbonyl (C=O) groups excluding carboxylic acids is 2. The quantitative estimate of drug-likeness (QED) is 0.356. The Morgan fingerprint density at radius 3 is 2.66 bits per heavy atom. The molecular formula is C24H26N6O7S. The van der Waals surface area contributed by atoms with E-state index in [1.165, 1.54) is 25.3 Å². The molecule has 0 spiro atoms. The number of hydrogen-bond donors (Lipinski definition) is 3. The largest absolute Gasteiger partial charge is 0.491 e. The van der Waals surface area contributed by atoms with Gasteiger partial charge in [-0.05, 0) is 12.1 Å². The van der Waals surface area contributed by atoms with Crippen LogP contribution in [0, 0.1) is 0 Å². The SMILES string of the molecule is CC(=O)Nc1cc(Nc2cc(OCCO)cc(S(C)(=O)=O)n2)c(-c2ccc(N3CCOCC3=O)cn2)cn1. The van der Waals surface area contributed by atoms with Crippen LogP contribution in [0.3, 0.4) is 0 Å². The van der Waals surface area contributed by atoms with E-state index in [4.69, 9.17) is 14.6 Å². The number of morpholine rings is 1. The van der Waals surface area contributed by atoms with E-state index in [-0.39, 0.29) is 54.0 Å². The van der Waals surface area contributed by atoms with Crippen molar-refractivity contribution in [2.24, 2.45) is 0 Å². The van der Waals surface area contributed by atoms with Crippen LogP contribution in [-0.4, -0.2) is 79.5 Å². The van der Waals surface area contributed by atoms with Crippen LogP contribution in [0.5, 0.6) is 5.75 Å². The van der Waals surface area contributed by atoms with Crippen molar-refractivity contribution in [1.29, 1.82) is 0 Å². The lowest BCUT2D eigenvalue weighted by atomic mass is 10.1. The minimum absolute atomic E-state index is 0.00784. The molecule has 0 aliphatic carbocycles. The van der Waals surface area contributed by atoms with Crippen LogP contribution < -0.4 is 20.3 Å². The summed E-state index contributed by atoms with van der Waals surface area (Å²) < 4.78 is 35.0. The Morgan fingerprint density at radius 1 is 1.18 bits per heavy atom. The Morgan fingerprint density at radius 2 is 2.00 bits per heavy atom. The Hall–Kier alpha value is -4.14. The molecule has 3 aromatic rings. The van der Waals surface area contributed by atoms with Crippen molar-refractivity contribution in [2.75, 3.05) is 54.8 Å². The van der Waals surface area contributed by atoms with Crippen LogP contribution >= 0.6 is 0 Å². The number of aliphatic hydroxyl groups is 1. The maximum atomic E-state index is 12.2. The molecule has 0 radical (unpaired) electrons. The fourth-order valence-electron chi connectivity index (χ4n) is 3.63. The van der Waals surface area contributed by atoms with Crippen molar-refractivity contribution in [3.63, 3.8) is 0 Å². The van der Waals surface area contributed by atoms with Crippen LogP contribution in [0.4, 0.5) is 23.0 Å². The molecule has 0 saturated carbocycles. The van der Waals surface area contributed by atoms with Crippen molar-refractivity contribution < 1.29 is 32.6 Å². The standard InChI is InChI=1S/C24H26N6O7S/c1-15(32)27-21-11-20(28-22-9-17(37-8-6-31)10-23(29-22)38(2,34)35)18(13-26-21)19-4-3-16(12-25-19)30-5-7-36-14-24(30)33/h3-4,9-13,31H,5-8,14H2,1-2H3,(H2,26,27,28,29,32). The van der Waals surface area contributed by atoms with E-state index in [9.17, 15) is 18.0 Å². The molecule has 0 bridgehead atoms. The van der Waals surface area contributed by atoms with Gasteiger partial charge in [-0.25, -0.2) is 18.4 Å². The van der Waals surface area contributed by atoms with Crippen molar-refractivity contribution in [2.45, 2.75) is 11.9 Å². The Bertz CT molecular complexity index is 1450. The zero-order valence-electron chi connectivity index (χ0n) is 20.7. The van der Waals surface area contributed by atoms with E-state index in [1.807, 2.05) is 0 Å². The van der Waals surface area contributed by atoms with Gasteiger partial charge in [0.05, 0.1) is 36.5 Å². The summed E-state index contributed by atoms with van der Waals surface area (Å²) >= 11 is 0. The first kappa shape index (κ1) is 26.9. The minimum Gasteiger partial charge on any atom is -0.491 e. The Labute approximate surface area is 218 Å². The predicted molar refractivity (Wildman–Crippen MR) is 138 cm³/mol. The Kier molecular flexibility index (Phi) is 8.14. The molecule has 2 amide bonds. The van der Waals surface area contributed by atoms with Crippen LogP contribution in [0.1, 0.15) is 6.92 Å². The smallest absolute Gasteiger partial charge is 0.253 e. The van der Waals surface area contributed by atoms with E-state index >= 15 is 0 Å². The van der Waals surface area contributed by atoms with Gasteiger partial charge in [-0.15, -0.1) is 0 Å². The molecule has 4 heterocycles. The fourth-order valence-corrected chi connectivity index (χ4v) is 4.22. The first-order valence-electron chi connectivity index (χ1n) is 11.5. The maximum absolute atomic E-state index is 12.2. The second-order valence-electron chi connectivity index (χ2n) is 8.29. The van der Waals surface area contributed by atoms with Crippen LogP contribution in [0.2, 0.25) is 0 Å². The van der Waals surface area contributed by atoms with Gasteiger partial charge < -0.3 is 30.1 Å². The number of aromatic nitrogens is 3. The predicted octanol–water partition coefficient (Wildman–Crippen LogP) is 1.38. The zero-order valence-corrected chi connectivity index (χ0v) is 21.5. The summed E-state index contributed by atoms with van der Waals surface area (Å²) in [6, 6.07) is 7.77. The van der Waals surface area contributed by atoms with Gasteiger partial charge in [0.15, 0.2) is 14.9 Å². The number of sulfone groups is 1. The molecule has 1 saturated heterocycles. The van der Waals surface area contributed by atoms with Gasteiger partial charge in [0, 0.05) is 49.7 Å². The Balaban J connectivity index is 1.73. The van der Waals surface area contributed by atoms with Crippen LogP contribution in [0.25, 0.3) is 11.3 Å². The molecule has 13 nitrogen and oxygen atoms in total. The average molecular weight is 543 g/mol. The highest BCUT2D eigenvalue weighted by Gasteiger charge is 2.21. The number of ether oxygens (including phenoxy) is 2. The summed E-state index contributed by atoms with van der Waals surface area (Å²) in [5.74, 6) is 0.0801. The monoisotopic (exact) mass is 542 g/mol. The van der Waals surface area contributed by atoms with Crippen molar-refractivity contribution in [3.05, 3.63) is 42.7 Å². The lowest BCUT2D eigenvalue weighted by Gasteiger charge is -2.26. The molecule has 1 aliphatic rings. The molecule has 38 heavy (non-hydrogen) atoms. The molecule has 3 aromatic heterocycles. The number of rotatable bonds is 9. The van der Waals surface area contributed by atoms with Crippen molar-refractivity contribution >= 4 is 44.7 Å². The first-order chi connectivity index (χ1) is 18.1. The third-order valence-electron chi connectivity index (χ3n) is 5.31. The number of amides is 2. The molecule has 0 aromatic carbocycles. The fraction of sp³-hybridized carbons (Fsp3) is 0.292. The maximum Gasteiger partial charge on any atom is 0.253 e. The third-order valence-corrected chi connectivity index (χ3v) is 6.28. The summed E-state index contributed by atoms with van der Waals surface area (Å²) in [6.45, 7) is 1.90. The lowest BCUT2D eigenvalue weighted by Crippen LogP contribution is -2.41. The van der Waals surface area contributed by atoms with Gasteiger partial charge >= 0.3 is 0 Å². The van der Waals surface area contributed by atoms with E-state index in [0.717, 1.165) is 6.26 Å². The van der Waals surface area contributed by atoms with Gasteiger partial charge in [0.1, 0.15) is 30.6 Å². The second kappa shape index (κ2) is 11.5.